The highest BCUT2D eigenvalue weighted by atomic mass is 19.3. The van der Waals surface area contributed by atoms with Gasteiger partial charge in [-0.2, -0.15) is 8.78 Å². The fraction of sp³-hybridized carbons (Fsp3) is 0.562. The van der Waals surface area contributed by atoms with Gasteiger partial charge in [-0.05, 0) is 42.9 Å². The summed E-state index contributed by atoms with van der Waals surface area (Å²) in [5.74, 6) is -0.210. The smallest absolute Gasteiger partial charge is 0.387 e. The lowest BCUT2D eigenvalue weighted by Crippen LogP contribution is -2.44. The van der Waals surface area contributed by atoms with E-state index in [1.54, 1.807) is 11.0 Å². The molecule has 22 heavy (non-hydrogen) atoms. The number of hydrogen-bond acceptors (Lipinski definition) is 3. The van der Waals surface area contributed by atoms with Gasteiger partial charge in [-0.25, -0.2) is 0 Å². The molecule has 0 spiro atoms. The molecule has 1 saturated heterocycles. The van der Waals surface area contributed by atoms with Gasteiger partial charge in [0.25, 0.3) is 5.91 Å². The maximum atomic E-state index is 12.4. The van der Waals surface area contributed by atoms with Crippen LogP contribution < -0.4 is 4.74 Å². The highest BCUT2D eigenvalue weighted by molar-refractivity contribution is 5.94. The van der Waals surface area contributed by atoms with Crippen molar-refractivity contribution in [1.82, 2.24) is 4.90 Å². The minimum Gasteiger partial charge on any atom is -0.435 e. The third-order valence-corrected chi connectivity index (χ3v) is 4.50. The highest BCUT2D eigenvalue weighted by Crippen LogP contribution is 2.34. The summed E-state index contributed by atoms with van der Waals surface area (Å²) in [6.07, 6.45) is 2.38. The van der Waals surface area contributed by atoms with Gasteiger partial charge in [0.15, 0.2) is 0 Å². The van der Waals surface area contributed by atoms with Crippen molar-refractivity contribution in [3.05, 3.63) is 29.8 Å². The van der Waals surface area contributed by atoms with Gasteiger partial charge < -0.3 is 14.7 Å². The number of carbonyl (C=O) groups is 1. The number of amides is 1. The van der Waals surface area contributed by atoms with Crippen LogP contribution in [-0.4, -0.2) is 42.2 Å². The highest BCUT2D eigenvalue weighted by Gasteiger charge is 2.34. The van der Waals surface area contributed by atoms with Crippen LogP contribution in [0.1, 0.15) is 36.5 Å². The van der Waals surface area contributed by atoms with Gasteiger partial charge in [-0.3, -0.25) is 4.79 Å². The zero-order valence-electron chi connectivity index (χ0n) is 12.6. The molecule has 1 heterocycles. The predicted octanol–water partition coefficient (Wildman–Crippen LogP) is 2.91. The lowest BCUT2D eigenvalue weighted by atomic mass is 9.77. The number of carbonyl (C=O) groups excluding carboxylic acids is 1. The lowest BCUT2D eigenvalue weighted by Gasteiger charge is -2.40. The Bertz CT molecular complexity index is 508. The number of rotatable bonds is 5. The molecular weight excluding hydrogens is 292 g/mol. The van der Waals surface area contributed by atoms with E-state index < -0.39 is 6.61 Å². The molecule has 1 amide bonds. The van der Waals surface area contributed by atoms with Crippen LogP contribution in [0.2, 0.25) is 0 Å². The third-order valence-electron chi connectivity index (χ3n) is 4.50. The molecule has 0 bridgehead atoms. The summed E-state index contributed by atoms with van der Waals surface area (Å²) in [5, 5.41) is 9.51. The van der Waals surface area contributed by atoms with Gasteiger partial charge >= 0.3 is 6.61 Å². The Balaban J connectivity index is 2.04. The minimum absolute atomic E-state index is 0.0175. The van der Waals surface area contributed by atoms with Crippen LogP contribution in [0.25, 0.3) is 0 Å². The van der Waals surface area contributed by atoms with Crippen LogP contribution >= 0.6 is 0 Å². The van der Waals surface area contributed by atoms with Gasteiger partial charge in [-0.15, -0.1) is 0 Å². The molecular formula is C16H21F2NO3. The molecule has 0 atom stereocenters. The summed E-state index contributed by atoms with van der Waals surface area (Å²) in [6.45, 7) is 0.387. The van der Waals surface area contributed by atoms with Crippen LogP contribution in [-0.2, 0) is 0 Å². The fourth-order valence-corrected chi connectivity index (χ4v) is 2.80. The second-order valence-electron chi connectivity index (χ2n) is 5.71. The Morgan fingerprint density at radius 2 is 2.09 bits per heavy atom. The van der Waals surface area contributed by atoms with Gasteiger partial charge in [0, 0.05) is 25.3 Å². The second-order valence-corrected chi connectivity index (χ2v) is 5.71. The van der Waals surface area contributed by atoms with E-state index in [-0.39, 0.29) is 23.7 Å². The first-order chi connectivity index (χ1) is 10.5. The molecule has 6 heteroatoms. The SMILES string of the molecule is CCC1(CO)CCN(C(=O)c2cccc(OC(F)F)c2)CC1. The van der Waals surface area contributed by atoms with E-state index in [2.05, 4.69) is 4.74 Å². The largest absolute Gasteiger partial charge is 0.435 e. The normalized spacial score (nSPS) is 17.6. The molecule has 2 rings (SSSR count). The second kappa shape index (κ2) is 7.05. The molecule has 1 N–H and O–H groups in total. The summed E-state index contributed by atoms with van der Waals surface area (Å²) in [5.41, 5.74) is 0.239. The number of alkyl halides is 2. The molecule has 0 unspecified atom stereocenters. The number of nitrogens with zero attached hydrogens (tertiary/aromatic N) is 1. The number of hydrogen-bond donors (Lipinski definition) is 1. The first-order valence-electron chi connectivity index (χ1n) is 7.45. The summed E-state index contributed by atoms with van der Waals surface area (Å²) in [6, 6.07) is 5.85. The molecule has 4 nitrogen and oxygen atoms in total. The number of benzene rings is 1. The van der Waals surface area contributed by atoms with Crippen LogP contribution in [0.5, 0.6) is 5.75 Å². The van der Waals surface area contributed by atoms with Crippen molar-refractivity contribution < 1.29 is 23.4 Å². The quantitative estimate of drug-likeness (QED) is 0.909. The van der Waals surface area contributed by atoms with Crippen molar-refractivity contribution in [2.75, 3.05) is 19.7 Å². The van der Waals surface area contributed by atoms with Crippen molar-refractivity contribution in [3.63, 3.8) is 0 Å². The van der Waals surface area contributed by atoms with E-state index >= 15 is 0 Å². The number of halogens is 2. The van der Waals surface area contributed by atoms with Crippen LogP contribution in [0.4, 0.5) is 8.78 Å². The van der Waals surface area contributed by atoms with Crippen molar-refractivity contribution >= 4 is 5.91 Å². The average molecular weight is 313 g/mol. The van der Waals surface area contributed by atoms with Gasteiger partial charge in [0.2, 0.25) is 0 Å². The van der Waals surface area contributed by atoms with Crippen LogP contribution in [0.15, 0.2) is 24.3 Å². The Hall–Kier alpha value is -1.69. The standard InChI is InChI=1S/C16H21F2NO3/c1-2-16(11-20)6-8-19(9-7-16)14(21)12-4-3-5-13(10-12)22-15(17)18/h3-5,10,15,20H,2,6-9,11H2,1H3. The summed E-state index contributed by atoms with van der Waals surface area (Å²) in [4.78, 5) is 14.1. The van der Waals surface area contributed by atoms with E-state index in [1.165, 1.54) is 18.2 Å². The third kappa shape index (κ3) is 3.74. The Morgan fingerprint density at radius 3 is 2.64 bits per heavy atom. The zero-order valence-corrected chi connectivity index (χ0v) is 12.6. The number of aliphatic hydroxyl groups is 1. The van der Waals surface area contributed by atoms with Crippen LogP contribution in [0.3, 0.4) is 0 Å². The van der Waals surface area contributed by atoms with Crippen molar-refractivity contribution in [1.29, 1.82) is 0 Å². The Labute approximate surface area is 128 Å². The van der Waals surface area contributed by atoms with Crippen LogP contribution in [0, 0.1) is 5.41 Å². The average Bonchev–Trinajstić information content (AvgIpc) is 2.54. The fourth-order valence-electron chi connectivity index (χ4n) is 2.80. The van der Waals surface area contributed by atoms with E-state index in [9.17, 15) is 18.7 Å². The molecule has 0 radical (unpaired) electrons. The molecule has 0 saturated carbocycles. The maximum Gasteiger partial charge on any atom is 0.387 e. The number of likely N-dealkylation sites (tertiary alicyclic amines) is 1. The Kier molecular flexibility index (Phi) is 5.34. The molecule has 0 aliphatic carbocycles. The first-order valence-corrected chi connectivity index (χ1v) is 7.45. The number of aliphatic hydroxyl groups excluding tert-OH is 1. The van der Waals surface area contributed by atoms with Gasteiger partial charge in [0.1, 0.15) is 5.75 Å². The molecule has 122 valence electrons. The van der Waals surface area contributed by atoms with Crippen molar-refractivity contribution in [3.8, 4) is 5.75 Å². The molecule has 0 aromatic heterocycles. The zero-order chi connectivity index (χ0) is 16.2. The maximum absolute atomic E-state index is 12.4. The topological polar surface area (TPSA) is 49.8 Å². The van der Waals surface area contributed by atoms with E-state index in [0.717, 1.165) is 19.3 Å². The van der Waals surface area contributed by atoms with E-state index in [4.69, 9.17) is 0 Å². The first kappa shape index (κ1) is 16.7. The summed E-state index contributed by atoms with van der Waals surface area (Å²) >= 11 is 0. The van der Waals surface area contributed by atoms with E-state index in [0.29, 0.717) is 18.7 Å². The molecule has 1 aromatic carbocycles. The molecule has 1 aromatic rings. The summed E-state index contributed by atoms with van der Waals surface area (Å²) < 4.78 is 28.8. The predicted molar refractivity (Wildman–Crippen MR) is 78.0 cm³/mol. The molecule has 1 aliphatic rings. The van der Waals surface area contributed by atoms with E-state index in [1.807, 2.05) is 6.92 Å². The van der Waals surface area contributed by atoms with Crippen molar-refractivity contribution in [2.45, 2.75) is 32.8 Å². The van der Waals surface area contributed by atoms with Gasteiger partial charge in [0.05, 0.1) is 0 Å². The molecule has 1 fully saturated rings. The summed E-state index contributed by atoms with van der Waals surface area (Å²) in [7, 11) is 0. The van der Waals surface area contributed by atoms with Gasteiger partial charge in [-0.1, -0.05) is 13.0 Å². The monoisotopic (exact) mass is 313 g/mol. The van der Waals surface area contributed by atoms with Crippen molar-refractivity contribution in [2.24, 2.45) is 5.41 Å². The molecule has 1 aliphatic heterocycles. The minimum atomic E-state index is -2.91. The number of ether oxygens (including phenoxy) is 1. The number of piperidine rings is 1. The Morgan fingerprint density at radius 1 is 1.41 bits per heavy atom. The lowest BCUT2D eigenvalue weighted by molar-refractivity contribution is -0.0499.